The molecule has 0 bridgehead atoms. The highest BCUT2D eigenvalue weighted by Crippen LogP contribution is 2.34. The molecule has 1 heterocycles. The van der Waals surface area contributed by atoms with Gasteiger partial charge in [-0.15, -0.1) is 0 Å². The van der Waals surface area contributed by atoms with Gasteiger partial charge in [-0.2, -0.15) is 11.8 Å². The maximum Gasteiger partial charge on any atom is 0.164 e. The number of nitrogens with zero attached hydrogens (tertiary/aromatic N) is 1. The van der Waals surface area contributed by atoms with Gasteiger partial charge in [-0.3, -0.25) is 4.90 Å². The van der Waals surface area contributed by atoms with Gasteiger partial charge in [0.2, 0.25) is 0 Å². The molecule has 2 atom stereocenters. The van der Waals surface area contributed by atoms with Crippen LogP contribution in [0.15, 0.2) is 0 Å². The molecule has 1 saturated carbocycles. The summed E-state index contributed by atoms with van der Waals surface area (Å²) in [5, 5.41) is -0.339. The number of sulfone groups is 1. The van der Waals surface area contributed by atoms with Crippen molar-refractivity contribution in [2.75, 3.05) is 30.9 Å². The highest BCUT2D eigenvalue weighted by atomic mass is 32.2. The summed E-state index contributed by atoms with van der Waals surface area (Å²) in [5.74, 6) is 3.10. The summed E-state index contributed by atoms with van der Waals surface area (Å²) in [6.07, 6.45) is 6.28. The van der Waals surface area contributed by atoms with Crippen LogP contribution in [0.2, 0.25) is 0 Å². The van der Waals surface area contributed by atoms with E-state index in [-0.39, 0.29) is 11.4 Å². The summed E-state index contributed by atoms with van der Waals surface area (Å²) in [6.45, 7) is 3.75. The Balaban J connectivity index is 2.12. The normalized spacial score (nSPS) is 34.9. The third-order valence-electron chi connectivity index (χ3n) is 4.89. The summed E-state index contributed by atoms with van der Waals surface area (Å²) in [4.78, 5) is 2.20. The molecule has 2 unspecified atom stereocenters. The van der Waals surface area contributed by atoms with Crippen LogP contribution in [0.3, 0.4) is 0 Å². The van der Waals surface area contributed by atoms with Gasteiger partial charge in [0.25, 0.3) is 0 Å². The average Bonchev–Trinajstić information content (AvgIpc) is 2.41. The van der Waals surface area contributed by atoms with Crippen LogP contribution in [0.25, 0.3) is 0 Å². The molecule has 0 radical (unpaired) electrons. The van der Waals surface area contributed by atoms with E-state index in [4.69, 9.17) is 5.73 Å². The maximum absolute atomic E-state index is 12.1. The molecule has 1 aliphatic carbocycles. The van der Waals surface area contributed by atoms with E-state index in [9.17, 15) is 8.42 Å². The minimum atomic E-state index is -3.03. The van der Waals surface area contributed by atoms with Crippen molar-refractivity contribution >= 4 is 21.6 Å². The van der Waals surface area contributed by atoms with Crippen molar-refractivity contribution in [1.82, 2.24) is 4.90 Å². The van der Waals surface area contributed by atoms with Gasteiger partial charge >= 0.3 is 0 Å². The zero-order valence-corrected chi connectivity index (χ0v) is 14.3. The molecule has 2 fully saturated rings. The van der Waals surface area contributed by atoms with Crippen molar-refractivity contribution in [2.24, 2.45) is 17.6 Å². The van der Waals surface area contributed by atoms with Crippen molar-refractivity contribution in [2.45, 2.75) is 44.0 Å². The minimum absolute atomic E-state index is 0.239. The molecule has 0 amide bonds. The van der Waals surface area contributed by atoms with Crippen LogP contribution in [0, 0.1) is 11.8 Å². The fourth-order valence-electron chi connectivity index (χ4n) is 3.61. The van der Waals surface area contributed by atoms with Crippen LogP contribution < -0.4 is 5.73 Å². The Hall–Kier alpha value is 0.220. The van der Waals surface area contributed by atoms with E-state index in [0.717, 1.165) is 18.2 Å². The molecule has 1 aliphatic heterocycles. The van der Waals surface area contributed by atoms with Crippen molar-refractivity contribution in [3.8, 4) is 0 Å². The molecule has 0 aromatic carbocycles. The fraction of sp³-hybridized carbons (Fsp3) is 1.00. The summed E-state index contributed by atoms with van der Waals surface area (Å²) in [6, 6.07) is 0.239. The number of hydrogen-bond acceptors (Lipinski definition) is 5. The average molecular weight is 321 g/mol. The molecular weight excluding hydrogens is 292 g/mol. The van der Waals surface area contributed by atoms with Crippen LogP contribution in [0.1, 0.15) is 32.6 Å². The second kappa shape index (κ2) is 6.99. The van der Waals surface area contributed by atoms with E-state index in [1.165, 1.54) is 31.9 Å². The second-order valence-corrected chi connectivity index (χ2v) is 9.77. The fourth-order valence-corrected chi connectivity index (χ4v) is 6.54. The Morgan fingerprint density at radius 1 is 1.30 bits per heavy atom. The molecule has 0 aromatic rings. The molecule has 0 aromatic heterocycles. The molecule has 2 aliphatic rings. The largest absolute Gasteiger partial charge is 0.329 e. The van der Waals surface area contributed by atoms with Crippen LogP contribution in [-0.4, -0.2) is 55.6 Å². The molecule has 0 spiro atoms. The standard InChI is InChI=1S/C14H28N2O2S2/c1-11-3-5-12(6-4-11)13(9-15)16-7-8-19-10-14(16)20(2,17)18/h11-14H,3-10,15H2,1-2H3. The topological polar surface area (TPSA) is 63.4 Å². The minimum Gasteiger partial charge on any atom is -0.329 e. The molecular formula is C14H28N2O2S2. The molecule has 1 saturated heterocycles. The lowest BCUT2D eigenvalue weighted by atomic mass is 9.78. The maximum atomic E-state index is 12.1. The lowest BCUT2D eigenvalue weighted by Gasteiger charge is -2.44. The third-order valence-corrected chi connectivity index (χ3v) is 7.55. The first kappa shape index (κ1) is 16.6. The van der Waals surface area contributed by atoms with Gasteiger partial charge in [0.05, 0.1) is 0 Å². The Kier molecular flexibility index (Phi) is 5.79. The lowest BCUT2D eigenvalue weighted by molar-refractivity contribution is 0.108. The zero-order valence-electron chi connectivity index (χ0n) is 12.6. The number of rotatable bonds is 4. The Morgan fingerprint density at radius 2 is 1.95 bits per heavy atom. The molecule has 20 heavy (non-hydrogen) atoms. The van der Waals surface area contributed by atoms with Crippen LogP contribution >= 0.6 is 11.8 Å². The first-order valence-electron chi connectivity index (χ1n) is 7.66. The second-order valence-electron chi connectivity index (χ2n) is 6.42. The SMILES string of the molecule is CC1CCC(C(CN)N2CCSCC2S(C)(=O)=O)CC1. The van der Waals surface area contributed by atoms with Gasteiger partial charge in [-0.05, 0) is 24.7 Å². The third kappa shape index (κ3) is 3.90. The summed E-state index contributed by atoms with van der Waals surface area (Å²) in [7, 11) is -3.03. The summed E-state index contributed by atoms with van der Waals surface area (Å²) in [5.41, 5.74) is 6.03. The van der Waals surface area contributed by atoms with Crippen molar-refractivity contribution in [3.63, 3.8) is 0 Å². The Labute approximate surface area is 127 Å². The van der Waals surface area contributed by atoms with Crippen LogP contribution in [-0.2, 0) is 9.84 Å². The summed E-state index contributed by atoms with van der Waals surface area (Å²) >= 11 is 1.75. The highest BCUT2D eigenvalue weighted by molar-refractivity contribution is 8.00. The van der Waals surface area contributed by atoms with Crippen molar-refractivity contribution in [1.29, 1.82) is 0 Å². The van der Waals surface area contributed by atoms with Crippen molar-refractivity contribution in [3.05, 3.63) is 0 Å². The van der Waals surface area contributed by atoms with E-state index in [2.05, 4.69) is 11.8 Å². The molecule has 4 nitrogen and oxygen atoms in total. The van der Waals surface area contributed by atoms with Gasteiger partial charge in [0, 0.05) is 36.9 Å². The van der Waals surface area contributed by atoms with Gasteiger partial charge in [-0.25, -0.2) is 8.42 Å². The summed E-state index contributed by atoms with van der Waals surface area (Å²) < 4.78 is 24.1. The van der Waals surface area contributed by atoms with E-state index in [1.54, 1.807) is 11.8 Å². The van der Waals surface area contributed by atoms with Crippen LogP contribution in [0.5, 0.6) is 0 Å². The number of hydrogen-bond donors (Lipinski definition) is 1. The zero-order chi connectivity index (χ0) is 14.8. The predicted molar refractivity (Wildman–Crippen MR) is 86.6 cm³/mol. The predicted octanol–water partition coefficient (Wildman–Crippen LogP) is 1.56. The van der Waals surface area contributed by atoms with Crippen molar-refractivity contribution < 1.29 is 8.42 Å². The molecule has 2 N–H and O–H groups in total. The smallest absolute Gasteiger partial charge is 0.164 e. The van der Waals surface area contributed by atoms with E-state index >= 15 is 0 Å². The Morgan fingerprint density at radius 3 is 2.50 bits per heavy atom. The molecule has 6 heteroatoms. The van der Waals surface area contributed by atoms with E-state index < -0.39 is 9.84 Å². The van der Waals surface area contributed by atoms with Gasteiger partial charge in [0.15, 0.2) is 9.84 Å². The number of thioether (sulfide) groups is 1. The first-order valence-corrected chi connectivity index (χ1v) is 10.8. The van der Waals surface area contributed by atoms with Gasteiger partial charge in [0.1, 0.15) is 5.37 Å². The van der Waals surface area contributed by atoms with E-state index in [0.29, 0.717) is 18.2 Å². The molecule has 118 valence electrons. The monoisotopic (exact) mass is 320 g/mol. The van der Waals surface area contributed by atoms with Gasteiger partial charge in [-0.1, -0.05) is 19.8 Å². The highest BCUT2D eigenvalue weighted by Gasteiger charge is 2.38. The molecule has 2 rings (SSSR count). The van der Waals surface area contributed by atoms with E-state index in [1.807, 2.05) is 0 Å². The quantitative estimate of drug-likeness (QED) is 0.852. The van der Waals surface area contributed by atoms with Crippen LogP contribution in [0.4, 0.5) is 0 Å². The first-order chi connectivity index (χ1) is 9.43. The Bertz CT molecular complexity index is 405. The number of nitrogens with two attached hydrogens (primary N) is 1. The van der Waals surface area contributed by atoms with Gasteiger partial charge < -0.3 is 5.73 Å². The lowest BCUT2D eigenvalue weighted by Crippen LogP contribution is -2.56.